The van der Waals surface area contributed by atoms with Crippen LogP contribution < -0.4 is 5.69 Å². The second-order valence-corrected chi connectivity index (χ2v) is 4.48. The monoisotopic (exact) mass is 282 g/mol. The van der Waals surface area contributed by atoms with E-state index in [1.54, 1.807) is 9.13 Å². The third-order valence-electron chi connectivity index (χ3n) is 2.85. The Labute approximate surface area is 115 Å². The van der Waals surface area contributed by atoms with E-state index in [4.69, 9.17) is 16.3 Å². The number of aryl methyl sites for hydroxylation is 1. The van der Waals surface area contributed by atoms with E-state index >= 15 is 0 Å². The van der Waals surface area contributed by atoms with E-state index in [0.717, 1.165) is 11.0 Å². The van der Waals surface area contributed by atoms with E-state index in [1.807, 2.05) is 24.3 Å². The average Bonchev–Trinajstić information content (AvgIpc) is 2.65. The standard InChI is InChI=1S/C13H15ClN2O3/c1-10(17)19-9-8-16-12-5-3-2-4-11(12)15(7-6-14)13(16)18/h2-5H,6-9H2,1H3. The fraction of sp³-hybridized carbons (Fsp3) is 0.385. The summed E-state index contributed by atoms with van der Waals surface area (Å²) in [5.41, 5.74) is 1.54. The number of benzene rings is 1. The number of fused-ring (bicyclic) bond motifs is 1. The lowest BCUT2D eigenvalue weighted by molar-refractivity contribution is -0.141. The molecule has 1 heterocycles. The SMILES string of the molecule is CC(=O)OCCn1c(=O)n(CCCl)c2ccccc21. The van der Waals surface area contributed by atoms with Gasteiger partial charge in [0.2, 0.25) is 0 Å². The number of hydrogen-bond donors (Lipinski definition) is 0. The van der Waals surface area contributed by atoms with Crippen LogP contribution in [0.5, 0.6) is 0 Å². The third kappa shape index (κ3) is 2.81. The van der Waals surface area contributed by atoms with E-state index < -0.39 is 0 Å². The molecule has 2 aromatic rings. The molecule has 0 N–H and O–H groups in total. The average molecular weight is 283 g/mol. The topological polar surface area (TPSA) is 53.2 Å². The van der Waals surface area contributed by atoms with Crippen molar-refractivity contribution in [1.82, 2.24) is 9.13 Å². The summed E-state index contributed by atoms with van der Waals surface area (Å²) in [5.74, 6) is 0.0234. The van der Waals surface area contributed by atoms with Gasteiger partial charge in [0.1, 0.15) is 6.61 Å². The van der Waals surface area contributed by atoms with Crippen molar-refractivity contribution in [2.45, 2.75) is 20.0 Å². The molecule has 0 saturated carbocycles. The minimum Gasteiger partial charge on any atom is -0.464 e. The molecule has 1 aromatic carbocycles. The van der Waals surface area contributed by atoms with Crippen LogP contribution in [0.2, 0.25) is 0 Å². The molecule has 0 radical (unpaired) electrons. The molecule has 0 aliphatic carbocycles. The highest BCUT2D eigenvalue weighted by atomic mass is 35.5. The van der Waals surface area contributed by atoms with Crippen molar-refractivity contribution in [3.8, 4) is 0 Å². The molecule has 0 unspecified atom stereocenters. The maximum atomic E-state index is 12.3. The first kappa shape index (κ1) is 13.7. The molecular weight excluding hydrogens is 268 g/mol. The molecule has 0 fully saturated rings. The normalized spacial score (nSPS) is 10.8. The van der Waals surface area contributed by atoms with Crippen molar-refractivity contribution in [2.24, 2.45) is 0 Å². The molecule has 0 saturated heterocycles. The van der Waals surface area contributed by atoms with Gasteiger partial charge in [0.15, 0.2) is 0 Å². The summed E-state index contributed by atoms with van der Waals surface area (Å²) >= 11 is 5.73. The summed E-state index contributed by atoms with van der Waals surface area (Å²) < 4.78 is 8.12. The van der Waals surface area contributed by atoms with Crippen molar-refractivity contribution in [3.05, 3.63) is 34.7 Å². The van der Waals surface area contributed by atoms with E-state index in [-0.39, 0.29) is 18.3 Å². The van der Waals surface area contributed by atoms with Gasteiger partial charge in [-0.1, -0.05) is 12.1 Å². The van der Waals surface area contributed by atoms with Gasteiger partial charge in [-0.05, 0) is 12.1 Å². The predicted molar refractivity (Wildman–Crippen MR) is 73.6 cm³/mol. The lowest BCUT2D eigenvalue weighted by Gasteiger charge is -2.03. The molecule has 5 nitrogen and oxygen atoms in total. The summed E-state index contributed by atoms with van der Waals surface area (Å²) in [4.78, 5) is 23.0. The van der Waals surface area contributed by atoms with Crippen LogP contribution in [0.25, 0.3) is 11.0 Å². The minimum atomic E-state index is -0.349. The largest absolute Gasteiger partial charge is 0.464 e. The molecule has 0 bridgehead atoms. The second-order valence-electron chi connectivity index (χ2n) is 4.10. The van der Waals surface area contributed by atoms with Crippen LogP contribution in [0, 0.1) is 0 Å². The highest BCUT2D eigenvalue weighted by Crippen LogP contribution is 2.12. The van der Waals surface area contributed by atoms with E-state index in [2.05, 4.69) is 0 Å². The quantitative estimate of drug-likeness (QED) is 0.618. The van der Waals surface area contributed by atoms with Gasteiger partial charge >= 0.3 is 11.7 Å². The number of rotatable bonds is 5. The maximum absolute atomic E-state index is 12.3. The van der Waals surface area contributed by atoms with Crippen LogP contribution in [-0.2, 0) is 22.6 Å². The lowest BCUT2D eigenvalue weighted by atomic mass is 10.3. The third-order valence-corrected chi connectivity index (χ3v) is 3.02. The van der Waals surface area contributed by atoms with Gasteiger partial charge in [-0.3, -0.25) is 13.9 Å². The molecule has 0 aliphatic rings. The molecule has 102 valence electrons. The number of alkyl halides is 1. The zero-order valence-electron chi connectivity index (χ0n) is 10.6. The van der Waals surface area contributed by atoms with Gasteiger partial charge in [0.25, 0.3) is 0 Å². The van der Waals surface area contributed by atoms with Crippen LogP contribution in [0.3, 0.4) is 0 Å². The molecule has 0 amide bonds. The number of imidazole rings is 1. The number of carbonyl (C=O) groups excluding carboxylic acids is 1. The summed E-state index contributed by atoms with van der Waals surface area (Å²) in [6.45, 7) is 2.33. The Kier molecular flexibility index (Phi) is 4.27. The van der Waals surface area contributed by atoms with Gasteiger partial charge in [0, 0.05) is 19.3 Å². The van der Waals surface area contributed by atoms with Crippen molar-refractivity contribution in [2.75, 3.05) is 12.5 Å². The van der Waals surface area contributed by atoms with Crippen molar-refractivity contribution in [3.63, 3.8) is 0 Å². The van der Waals surface area contributed by atoms with E-state index in [0.29, 0.717) is 19.0 Å². The number of halogens is 1. The van der Waals surface area contributed by atoms with Crippen LogP contribution in [-0.4, -0.2) is 27.6 Å². The molecule has 0 spiro atoms. The van der Waals surface area contributed by atoms with Gasteiger partial charge in [0.05, 0.1) is 17.6 Å². The highest BCUT2D eigenvalue weighted by Gasteiger charge is 2.12. The number of esters is 1. The molecule has 1 aromatic heterocycles. The Bertz CT molecular complexity index is 645. The molecule has 6 heteroatoms. The summed E-state index contributed by atoms with van der Waals surface area (Å²) in [6, 6.07) is 7.50. The summed E-state index contributed by atoms with van der Waals surface area (Å²) in [5, 5.41) is 0. The van der Waals surface area contributed by atoms with Gasteiger partial charge < -0.3 is 4.74 Å². The Morgan fingerprint density at radius 3 is 2.32 bits per heavy atom. The van der Waals surface area contributed by atoms with Crippen LogP contribution in [0.15, 0.2) is 29.1 Å². The van der Waals surface area contributed by atoms with E-state index in [9.17, 15) is 9.59 Å². The Morgan fingerprint density at radius 2 is 1.79 bits per heavy atom. The second kappa shape index (κ2) is 5.93. The van der Waals surface area contributed by atoms with Gasteiger partial charge in [-0.15, -0.1) is 11.6 Å². The van der Waals surface area contributed by atoms with Crippen LogP contribution >= 0.6 is 11.6 Å². The van der Waals surface area contributed by atoms with Gasteiger partial charge in [-0.25, -0.2) is 4.79 Å². The maximum Gasteiger partial charge on any atom is 0.329 e. The molecular formula is C13H15ClN2O3. The smallest absolute Gasteiger partial charge is 0.329 e. The summed E-state index contributed by atoms with van der Waals surface area (Å²) in [6.07, 6.45) is 0. The Hall–Kier alpha value is -1.75. The van der Waals surface area contributed by atoms with Gasteiger partial charge in [-0.2, -0.15) is 0 Å². The Balaban J connectivity index is 2.39. The first-order chi connectivity index (χ1) is 9.15. The first-order valence-electron chi connectivity index (χ1n) is 6.02. The summed E-state index contributed by atoms with van der Waals surface area (Å²) in [7, 11) is 0. The number of ether oxygens (including phenoxy) is 1. The Morgan fingerprint density at radius 1 is 1.21 bits per heavy atom. The van der Waals surface area contributed by atoms with Crippen LogP contribution in [0.4, 0.5) is 0 Å². The molecule has 2 rings (SSSR count). The van der Waals surface area contributed by atoms with Crippen molar-refractivity contribution in [1.29, 1.82) is 0 Å². The number of para-hydroxylation sites is 2. The number of hydrogen-bond acceptors (Lipinski definition) is 3. The minimum absolute atomic E-state index is 0.131. The zero-order chi connectivity index (χ0) is 13.8. The fourth-order valence-corrected chi connectivity index (χ4v) is 2.24. The molecule has 0 aliphatic heterocycles. The predicted octanol–water partition coefficient (Wildman–Crippen LogP) is 1.60. The first-order valence-corrected chi connectivity index (χ1v) is 6.56. The number of carbonyl (C=O) groups is 1. The van der Waals surface area contributed by atoms with Crippen molar-refractivity contribution < 1.29 is 9.53 Å². The van der Waals surface area contributed by atoms with Crippen molar-refractivity contribution >= 4 is 28.6 Å². The van der Waals surface area contributed by atoms with Crippen LogP contribution in [0.1, 0.15) is 6.92 Å². The highest BCUT2D eigenvalue weighted by molar-refractivity contribution is 6.17. The number of aromatic nitrogens is 2. The van der Waals surface area contributed by atoms with E-state index in [1.165, 1.54) is 6.92 Å². The molecule has 19 heavy (non-hydrogen) atoms. The lowest BCUT2D eigenvalue weighted by Crippen LogP contribution is -2.26. The zero-order valence-corrected chi connectivity index (χ0v) is 11.4. The molecule has 0 atom stereocenters. The fourth-order valence-electron chi connectivity index (χ4n) is 2.07. The number of nitrogens with zero attached hydrogens (tertiary/aromatic N) is 2.